The van der Waals surface area contributed by atoms with E-state index in [9.17, 15) is 19.7 Å². The van der Waals surface area contributed by atoms with Gasteiger partial charge in [0.25, 0.3) is 11.2 Å². The number of nitro groups is 1. The lowest BCUT2D eigenvalue weighted by atomic mass is 10.2. The first-order valence-corrected chi connectivity index (χ1v) is 7.58. The van der Waals surface area contributed by atoms with Crippen molar-refractivity contribution in [3.63, 3.8) is 0 Å². The van der Waals surface area contributed by atoms with Gasteiger partial charge in [-0.05, 0) is 6.92 Å². The largest absolute Gasteiger partial charge is 0.299 e. The summed E-state index contributed by atoms with van der Waals surface area (Å²) in [4.78, 5) is 34.2. The molecule has 0 spiro atoms. The van der Waals surface area contributed by atoms with E-state index in [0.717, 1.165) is 15.8 Å². The van der Waals surface area contributed by atoms with Crippen LogP contribution in [0.4, 0.5) is 10.8 Å². The average Bonchev–Trinajstić information content (AvgIpc) is 2.92. The van der Waals surface area contributed by atoms with Gasteiger partial charge >= 0.3 is 0 Å². The van der Waals surface area contributed by atoms with Crippen molar-refractivity contribution in [1.82, 2.24) is 14.8 Å². The summed E-state index contributed by atoms with van der Waals surface area (Å²) in [6, 6.07) is 1.18. The topological polar surface area (TPSA) is 120 Å². The summed E-state index contributed by atoms with van der Waals surface area (Å²) in [6.45, 7) is 5.04. The molecular weight excluding hydrogens is 322 g/mol. The molecule has 0 fully saturated rings. The fourth-order valence-corrected chi connectivity index (χ4v) is 2.58. The van der Waals surface area contributed by atoms with E-state index in [2.05, 4.69) is 15.5 Å². The van der Waals surface area contributed by atoms with Gasteiger partial charge in [0, 0.05) is 17.5 Å². The van der Waals surface area contributed by atoms with E-state index < -0.39 is 16.4 Å². The van der Waals surface area contributed by atoms with E-state index in [-0.39, 0.29) is 23.7 Å². The minimum absolute atomic E-state index is 0.195. The Morgan fingerprint density at radius 3 is 2.74 bits per heavy atom. The number of aryl methyl sites for hydroxylation is 1. The van der Waals surface area contributed by atoms with Crippen molar-refractivity contribution >= 4 is 28.1 Å². The SMILES string of the molecule is Cc1cc([N+](=O)[O-])cn(CC(=O)Nc2nnc(C(C)C)s2)c1=O. The maximum Gasteiger partial charge on any atom is 0.286 e. The van der Waals surface area contributed by atoms with Crippen LogP contribution in [0.1, 0.15) is 30.3 Å². The van der Waals surface area contributed by atoms with Crippen molar-refractivity contribution in [3.8, 4) is 0 Å². The Morgan fingerprint density at radius 2 is 2.17 bits per heavy atom. The zero-order chi connectivity index (χ0) is 17.1. The monoisotopic (exact) mass is 337 g/mol. The van der Waals surface area contributed by atoms with Crippen molar-refractivity contribution < 1.29 is 9.72 Å². The number of hydrogen-bond donors (Lipinski definition) is 1. The number of rotatable bonds is 5. The minimum Gasteiger partial charge on any atom is -0.299 e. The molecule has 2 aromatic rings. The van der Waals surface area contributed by atoms with Crippen molar-refractivity contribution in [2.24, 2.45) is 0 Å². The first-order valence-electron chi connectivity index (χ1n) is 6.76. The van der Waals surface area contributed by atoms with Crippen LogP contribution in [0.15, 0.2) is 17.1 Å². The standard InChI is InChI=1S/C13H15N5O4S/c1-7(2)11-15-16-13(23-11)14-10(19)6-17-5-9(18(21)22)4-8(3)12(17)20/h4-5,7H,6H2,1-3H3,(H,14,16,19). The second-order valence-corrected chi connectivity index (χ2v) is 6.23. The maximum absolute atomic E-state index is 12.0. The van der Waals surface area contributed by atoms with Crippen LogP contribution in [0.3, 0.4) is 0 Å². The highest BCUT2D eigenvalue weighted by Gasteiger charge is 2.15. The number of carbonyl (C=O) groups is 1. The van der Waals surface area contributed by atoms with E-state index >= 15 is 0 Å². The quantitative estimate of drug-likeness (QED) is 0.654. The van der Waals surface area contributed by atoms with Crippen LogP contribution in [-0.2, 0) is 11.3 Å². The van der Waals surface area contributed by atoms with Gasteiger partial charge in [0.15, 0.2) is 0 Å². The number of hydrogen-bond acceptors (Lipinski definition) is 7. The number of nitrogens with one attached hydrogen (secondary N) is 1. The van der Waals surface area contributed by atoms with E-state index in [1.165, 1.54) is 24.3 Å². The molecule has 0 aliphatic carbocycles. The van der Waals surface area contributed by atoms with Gasteiger partial charge in [0.05, 0.1) is 11.1 Å². The first kappa shape index (κ1) is 16.7. The smallest absolute Gasteiger partial charge is 0.286 e. The lowest BCUT2D eigenvalue weighted by Gasteiger charge is -2.06. The molecule has 2 aromatic heterocycles. The van der Waals surface area contributed by atoms with Gasteiger partial charge in [-0.2, -0.15) is 0 Å². The van der Waals surface area contributed by atoms with Crippen LogP contribution >= 0.6 is 11.3 Å². The van der Waals surface area contributed by atoms with Crippen LogP contribution in [-0.4, -0.2) is 25.6 Å². The van der Waals surface area contributed by atoms with Gasteiger partial charge in [-0.25, -0.2) is 0 Å². The molecule has 122 valence electrons. The molecule has 2 rings (SSSR count). The normalized spacial score (nSPS) is 10.8. The molecule has 0 radical (unpaired) electrons. The number of anilines is 1. The highest BCUT2D eigenvalue weighted by molar-refractivity contribution is 7.15. The third-order valence-corrected chi connectivity index (χ3v) is 4.10. The maximum atomic E-state index is 12.0. The fourth-order valence-electron chi connectivity index (χ4n) is 1.81. The molecule has 10 heteroatoms. The summed E-state index contributed by atoms with van der Waals surface area (Å²) in [6.07, 6.45) is 1.05. The van der Waals surface area contributed by atoms with E-state index in [1.54, 1.807) is 0 Å². The van der Waals surface area contributed by atoms with Crippen LogP contribution < -0.4 is 10.9 Å². The Labute approximate surface area is 135 Å². The van der Waals surface area contributed by atoms with Gasteiger partial charge in [-0.15, -0.1) is 10.2 Å². The molecule has 2 heterocycles. The second-order valence-electron chi connectivity index (χ2n) is 5.22. The molecular formula is C13H15N5O4S. The van der Waals surface area contributed by atoms with E-state index in [1.807, 2.05) is 13.8 Å². The molecule has 0 atom stereocenters. The predicted octanol–water partition coefficient (Wildman–Crippen LogP) is 1.68. The van der Waals surface area contributed by atoms with Crippen LogP contribution in [0.2, 0.25) is 0 Å². The summed E-state index contributed by atoms with van der Waals surface area (Å²) >= 11 is 1.25. The van der Waals surface area contributed by atoms with Gasteiger partial charge in [-0.1, -0.05) is 25.2 Å². The van der Waals surface area contributed by atoms with Crippen molar-refractivity contribution in [1.29, 1.82) is 0 Å². The number of amides is 1. The van der Waals surface area contributed by atoms with Crippen LogP contribution in [0.25, 0.3) is 0 Å². The van der Waals surface area contributed by atoms with Gasteiger partial charge in [0.2, 0.25) is 11.0 Å². The van der Waals surface area contributed by atoms with Crippen molar-refractivity contribution in [2.45, 2.75) is 33.2 Å². The molecule has 0 aliphatic rings. The number of pyridine rings is 1. The van der Waals surface area contributed by atoms with Gasteiger partial charge in [0.1, 0.15) is 11.6 Å². The Bertz CT molecular complexity index is 811. The highest BCUT2D eigenvalue weighted by atomic mass is 32.1. The number of carbonyl (C=O) groups excluding carboxylic acids is 1. The molecule has 0 saturated heterocycles. The molecule has 1 amide bonds. The zero-order valence-corrected chi connectivity index (χ0v) is 13.6. The molecule has 0 unspecified atom stereocenters. The van der Waals surface area contributed by atoms with E-state index in [4.69, 9.17) is 0 Å². The summed E-state index contributed by atoms with van der Waals surface area (Å²) in [7, 11) is 0. The Balaban J connectivity index is 2.16. The van der Waals surface area contributed by atoms with Gasteiger partial charge in [-0.3, -0.25) is 29.6 Å². The summed E-state index contributed by atoms with van der Waals surface area (Å²) in [5.74, 6) is -0.307. The lowest BCUT2D eigenvalue weighted by molar-refractivity contribution is -0.385. The zero-order valence-electron chi connectivity index (χ0n) is 12.8. The molecule has 0 aromatic carbocycles. The molecule has 0 bridgehead atoms. The lowest BCUT2D eigenvalue weighted by Crippen LogP contribution is -2.28. The Morgan fingerprint density at radius 1 is 1.48 bits per heavy atom. The van der Waals surface area contributed by atoms with Crippen molar-refractivity contribution in [2.75, 3.05) is 5.32 Å². The average molecular weight is 337 g/mol. The summed E-state index contributed by atoms with van der Waals surface area (Å²) in [5, 5.41) is 22.3. The summed E-state index contributed by atoms with van der Waals surface area (Å²) in [5.41, 5.74) is -0.496. The molecule has 0 aliphatic heterocycles. The van der Waals surface area contributed by atoms with Gasteiger partial charge < -0.3 is 0 Å². The van der Waals surface area contributed by atoms with Crippen LogP contribution in [0, 0.1) is 17.0 Å². The van der Waals surface area contributed by atoms with Crippen molar-refractivity contribution in [3.05, 3.63) is 43.3 Å². The van der Waals surface area contributed by atoms with Crippen LogP contribution in [0.5, 0.6) is 0 Å². The highest BCUT2D eigenvalue weighted by Crippen LogP contribution is 2.22. The number of aromatic nitrogens is 3. The predicted molar refractivity (Wildman–Crippen MR) is 84.7 cm³/mol. The third-order valence-electron chi connectivity index (χ3n) is 2.96. The second kappa shape index (κ2) is 6.65. The Kier molecular flexibility index (Phi) is 4.84. The first-order chi connectivity index (χ1) is 10.8. The van der Waals surface area contributed by atoms with E-state index in [0.29, 0.717) is 5.13 Å². The fraction of sp³-hybridized carbons (Fsp3) is 0.385. The molecule has 1 N–H and O–H groups in total. The third kappa shape index (κ3) is 3.97. The molecule has 23 heavy (non-hydrogen) atoms. The molecule has 0 saturated carbocycles. The number of nitrogens with zero attached hydrogens (tertiary/aromatic N) is 4. The minimum atomic E-state index is -0.611. The summed E-state index contributed by atoms with van der Waals surface area (Å²) < 4.78 is 1.01. The molecule has 9 nitrogen and oxygen atoms in total. The Hall–Kier alpha value is -2.62.